The fourth-order valence-electron chi connectivity index (χ4n) is 3.68. The first-order chi connectivity index (χ1) is 12.9. The minimum Gasteiger partial charge on any atom is -0.349 e. The molecule has 142 valence electrons. The van der Waals surface area contributed by atoms with Crippen LogP contribution in [0.2, 0.25) is 5.02 Å². The molecule has 1 N–H and O–H groups in total. The molecule has 0 bridgehead atoms. The quantitative estimate of drug-likeness (QED) is 0.820. The monoisotopic (exact) mass is 384 g/mol. The molecule has 27 heavy (non-hydrogen) atoms. The molecule has 1 heterocycles. The first-order valence-electron chi connectivity index (χ1n) is 9.32. The van der Waals surface area contributed by atoms with Gasteiger partial charge in [-0.25, -0.2) is 0 Å². The molecule has 2 amide bonds. The number of hydrogen-bond donors (Lipinski definition) is 1. The van der Waals surface area contributed by atoms with Gasteiger partial charge in [-0.15, -0.1) is 0 Å². The van der Waals surface area contributed by atoms with Crippen LogP contribution in [-0.2, 0) is 9.59 Å². The molecule has 2 aromatic rings. The molecule has 2 atom stereocenters. The van der Waals surface area contributed by atoms with Gasteiger partial charge in [0.25, 0.3) is 0 Å². The summed E-state index contributed by atoms with van der Waals surface area (Å²) in [6.07, 6.45) is 2.21. The summed E-state index contributed by atoms with van der Waals surface area (Å²) in [4.78, 5) is 26.7. The molecule has 1 aliphatic rings. The van der Waals surface area contributed by atoms with Crippen LogP contribution in [-0.4, -0.2) is 23.3 Å². The van der Waals surface area contributed by atoms with Crippen LogP contribution >= 0.6 is 11.6 Å². The van der Waals surface area contributed by atoms with E-state index in [1.807, 2.05) is 17.0 Å². The predicted molar refractivity (Wildman–Crippen MR) is 107 cm³/mol. The van der Waals surface area contributed by atoms with Crippen LogP contribution < -0.4 is 5.32 Å². The Labute approximate surface area is 165 Å². The Hall–Kier alpha value is -2.33. The molecule has 5 heteroatoms. The summed E-state index contributed by atoms with van der Waals surface area (Å²) in [7, 11) is 0. The van der Waals surface area contributed by atoms with Gasteiger partial charge in [-0.3, -0.25) is 9.59 Å². The Kier molecular flexibility index (Phi) is 6.17. The number of amides is 2. The first kappa shape index (κ1) is 19.4. The van der Waals surface area contributed by atoms with Gasteiger partial charge in [0.2, 0.25) is 11.8 Å². The number of nitrogens with one attached hydrogen (secondary N) is 1. The Morgan fingerprint density at radius 1 is 1.15 bits per heavy atom. The molecule has 2 unspecified atom stereocenters. The molecule has 0 saturated carbocycles. The van der Waals surface area contributed by atoms with Crippen molar-refractivity contribution in [1.29, 1.82) is 0 Å². The number of rotatable bonds is 5. The van der Waals surface area contributed by atoms with Gasteiger partial charge in [-0.2, -0.15) is 0 Å². The van der Waals surface area contributed by atoms with Crippen molar-refractivity contribution in [3.63, 3.8) is 0 Å². The molecule has 2 aromatic carbocycles. The number of nitrogens with zero attached hydrogens (tertiary/aromatic N) is 1. The standard InChI is InChI=1S/C22H25ClN2O2/c1-15-5-7-18(8-6-15)21-4-3-13-25(21)22(27)14-20(24-16(2)26)17-9-11-19(23)12-10-17/h5-12,20-21H,3-4,13-14H2,1-2H3,(H,24,26). The molecule has 0 aromatic heterocycles. The molecule has 0 spiro atoms. The van der Waals surface area contributed by atoms with E-state index >= 15 is 0 Å². The number of aryl methyl sites for hydroxylation is 1. The number of halogens is 1. The van der Waals surface area contributed by atoms with Crippen LogP contribution in [0.15, 0.2) is 48.5 Å². The summed E-state index contributed by atoms with van der Waals surface area (Å²) in [6.45, 7) is 4.29. The summed E-state index contributed by atoms with van der Waals surface area (Å²) in [5.41, 5.74) is 3.27. The SMILES string of the molecule is CC(=O)NC(CC(=O)N1CCCC1c1ccc(C)cc1)c1ccc(Cl)cc1. The zero-order valence-corrected chi connectivity index (χ0v) is 16.5. The lowest BCUT2D eigenvalue weighted by Gasteiger charge is -2.28. The van der Waals surface area contributed by atoms with E-state index < -0.39 is 0 Å². The van der Waals surface area contributed by atoms with Crippen molar-refractivity contribution < 1.29 is 9.59 Å². The third-order valence-electron chi connectivity index (χ3n) is 5.06. The minimum atomic E-state index is -0.355. The van der Waals surface area contributed by atoms with Crippen LogP contribution in [0.5, 0.6) is 0 Å². The topological polar surface area (TPSA) is 49.4 Å². The Morgan fingerprint density at radius 2 is 1.81 bits per heavy atom. The summed E-state index contributed by atoms with van der Waals surface area (Å²) in [5.74, 6) is -0.0916. The molecule has 1 saturated heterocycles. The van der Waals surface area contributed by atoms with Crippen molar-refractivity contribution in [3.05, 3.63) is 70.2 Å². The van der Waals surface area contributed by atoms with Gasteiger partial charge in [0.15, 0.2) is 0 Å². The van der Waals surface area contributed by atoms with Gasteiger partial charge >= 0.3 is 0 Å². The highest BCUT2D eigenvalue weighted by atomic mass is 35.5. The fraction of sp³-hybridized carbons (Fsp3) is 0.364. The Bertz CT molecular complexity index is 802. The van der Waals surface area contributed by atoms with Crippen molar-refractivity contribution in [2.45, 2.75) is 45.2 Å². The summed E-state index contributed by atoms with van der Waals surface area (Å²) >= 11 is 5.97. The lowest BCUT2D eigenvalue weighted by molar-refractivity contribution is -0.133. The van der Waals surface area contributed by atoms with E-state index in [1.165, 1.54) is 18.1 Å². The average molecular weight is 385 g/mol. The number of benzene rings is 2. The summed E-state index contributed by atoms with van der Waals surface area (Å²) in [6, 6.07) is 15.4. The van der Waals surface area contributed by atoms with E-state index in [2.05, 4.69) is 36.5 Å². The molecule has 0 aliphatic carbocycles. The van der Waals surface area contributed by atoms with Gasteiger partial charge in [-0.05, 0) is 43.0 Å². The van der Waals surface area contributed by atoms with Gasteiger partial charge in [-0.1, -0.05) is 53.6 Å². The van der Waals surface area contributed by atoms with E-state index in [9.17, 15) is 9.59 Å². The van der Waals surface area contributed by atoms with Crippen molar-refractivity contribution in [3.8, 4) is 0 Å². The maximum Gasteiger partial charge on any atom is 0.225 e. The number of likely N-dealkylation sites (tertiary alicyclic amines) is 1. The molecule has 1 aliphatic heterocycles. The highest BCUT2D eigenvalue weighted by Crippen LogP contribution is 2.33. The number of carbonyl (C=O) groups is 2. The molecular weight excluding hydrogens is 360 g/mol. The molecular formula is C22H25ClN2O2. The third-order valence-corrected chi connectivity index (χ3v) is 5.32. The van der Waals surface area contributed by atoms with Gasteiger partial charge in [0.05, 0.1) is 18.5 Å². The van der Waals surface area contributed by atoms with Crippen molar-refractivity contribution >= 4 is 23.4 Å². The van der Waals surface area contributed by atoms with E-state index in [1.54, 1.807) is 12.1 Å². The summed E-state index contributed by atoms with van der Waals surface area (Å²) < 4.78 is 0. The fourth-order valence-corrected chi connectivity index (χ4v) is 3.81. The predicted octanol–water partition coefficient (Wildman–Crippen LogP) is 4.58. The van der Waals surface area contributed by atoms with Crippen LogP contribution in [0.3, 0.4) is 0 Å². The van der Waals surface area contributed by atoms with E-state index in [4.69, 9.17) is 11.6 Å². The molecule has 1 fully saturated rings. The maximum absolute atomic E-state index is 13.1. The van der Waals surface area contributed by atoms with Crippen LogP contribution in [0, 0.1) is 6.92 Å². The molecule has 3 rings (SSSR count). The largest absolute Gasteiger partial charge is 0.349 e. The number of carbonyl (C=O) groups excluding carboxylic acids is 2. The van der Waals surface area contributed by atoms with Gasteiger partial charge < -0.3 is 10.2 Å². The Balaban J connectivity index is 1.76. The zero-order valence-electron chi connectivity index (χ0n) is 15.7. The first-order valence-corrected chi connectivity index (χ1v) is 9.70. The minimum absolute atomic E-state index is 0.0618. The van der Waals surface area contributed by atoms with E-state index in [-0.39, 0.29) is 30.3 Å². The van der Waals surface area contributed by atoms with Crippen LogP contribution in [0.4, 0.5) is 0 Å². The average Bonchev–Trinajstić information content (AvgIpc) is 3.12. The number of hydrogen-bond acceptors (Lipinski definition) is 2. The second kappa shape index (κ2) is 8.57. The van der Waals surface area contributed by atoms with E-state index in [0.717, 1.165) is 24.9 Å². The smallest absolute Gasteiger partial charge is 0.225 e. The maximum atomic E-state index is 13.1. The van der Waals surface area contributed by atoms with Crippen LogP contribution in [0.1, 0.15) is 55.0 Å². The van der Waals surface area contributed by atoms with Crippen molar-refractivity contribution in [2.75, 3.05) is 6.54 Å². The van der Waals surface area contributed by atoms with Crippen molar-refractivity contribution in [1.82, 2.24) is 10.2 Å². The lowest BCUT2D eigenvalue weighted by atomic mass is 10.0. The van der Waals surface area contributed by atoms with Crippen molar-refractivity contribution in [2.24, 2.45) is 0 Å². The highest BCUT2D eigenvalue weighted by Gasteiger charge is 2.31. The second-order valence-electron chi connectivity index (χ2n) is 7.16. The summed E-state index contributed by atoms with van der Waals surface area (Å²) in [5, 5.41) is 3.53. The van der Waals surface area contributed by atoms with E-state index in [0.29, 0.717) is 5.02 Å². The molecule has 4 nitrogen and oxygen atoms in total. The van der Waals surface area contributed by atoms with Crippen LogP contribution in [0.25, 0.3) is 0 Å². The highest BCUT2D eigenvalue weighted by molar-refractivity contribution is 6.30. The zero-order chi connectivity index (χ0) is 19.4. The second-order valence-corrected chi connectivity index (χ2v) is 7.60. The van der Waals surface area contributed by atoms with Gasteiger partial charge in [0, 0.05) is 18.5 Å². The molecule has 0 radical (unpaired) electrons. The Morgan fingerprint density at radius 3 is 2.44 bits per heavy atom. The normalized spacial score (nSPS) is 17.6. The lowest BCUT2D eigenvalue weighted by Crippen LogP contribution is -2.35. The third kappa shape index (κ3) is 4.89. The van der Waals surface area contributed by atoms with Gasteiger partial charge in [0.1, 0.15) is 0 Å².